The Labute approximate surface area is 207 Å². The van der Waals surface area contributed by atoms with Crippen molar-refractivity contribution in [1.82, 2.24) is 10.3 Å². The normalized spacial score (nSPS) is 18.1. The second kappa shape index (κ2) is 9.61. The summed E-state index contributed by atoms with van der Waals surface area (Å²) in [5.41, 5.74) is 1.89. The summed E-state index contributed by atoms with van der Waals surface area (Å²) in [5, 5.41) is 10.4. The fourth-order valence-corrected chi connectivity index (χ4v) is 4.88. The van der Waals surface area contributed by atoms with Crippen molar-refractivity contribution in [3.63, 3.8) is 0 Å². The molecule has 0 saturated heterocycles. The lowest BCUT2D eigenvalue weighted by Crippen LogP contribution is -2.39. The second-order valence-electron chi connectivity index (χ2n) is 8.75. The highest BCUT2D eigenvalue weighted by atomic mass is 35.5. The predicted molar refractivity (Wildman–Crippen MR) is 138 cm³/mol. The van der Waals surface area contributed by atoms with Crippen molar-refractivity contribution in [3.05, 3.63) is 82.5 Å². The first-order valence-corrected chi connectivity index (χ1v) is 12.1. The molecule has 1 fully saturated rings. The highest BCUT2D eigenvalue weighted by molar-refractivity contribution is 6.31. The number of benzene rings is 3. The first-order chi connectivity index (χ1) is 16.4. The number of rotatable bonds is 4. The smallest absolute Gasteiger partial charge is 0.270 e. The summed E-state index contributed by atoms with van der Waals surface area (Å²) >= 11 is 12.1. The fraction of sp³-hybridized carbons (Fsp3) is 0.222. The maximum Gasteiger partial charge on any atom is 0.270 e. The van der Waals surface area contributed by atoms with Crippen molar-refractivity contribution in [2.45, 2.75) is 31.7 Å². The molecule has 0 unspecified atom stereocenters. The van der Waals surface area contributed by atoms with Crippen LogP contribution < -0.4 is 10.6 Å². The molecule has 0 radical (unpaired) electrons. The third-order valence-electron chi connectivity index (χ3n) is 6.39. The van der Waals surface area contributed by atoms with E-state index in [2.05, 4.69) is 15.6 Å². The van der Waals surface area contributed by atoms with Gasteiger partial charge in [-0.25, -0.2) is 4.98 Å². The van der Waals surface area contributed by atoms with Crippen molar-refractivity contribution in [2.24, 2.45) is 5.92 Å². The largest absolute Gasteiger partial charge is 0.348 e. The Morgan fingerprint density at radius 1 is 0.765 bits per heavy atom. The Bertz CT molecular complexity index is 1400. The van der Waals surface area contributed by atoms with E-state index in [9.17, 15) is 9.59 Å². The van der Waals surface area contributed by atoms with E-state index >= 15 is 0 Å². The molecule has 172 valence electrons. The molecule has 0 bridgehead atoms. The first-order valence-electron chi connectivity index (χ1n) is 11.3. The number of amides is 2. The Morgan fingerprint density at radius 2 is 1.41 bits per heavy atom. The number of carbonyl (C=O) groups is 2. The molecule has 0 spiro atoms. The van der Waals surface area contributed by atoms with E-state index in [0.29, 0.717) is 15.7 Å². The van der Waals surface area contributed by atoms with Gasteiger partial charge in [-0.3, -0.25) is 9.59 Å². The zero-order valence-electron chi connectivity index (χ0n) is 18.4. The fourth-order valence-electron chi connectivity index (χ4n) is 4.52. The zero-order valence-corrected chi connectivity index (χ0v) is 19.9. The Kier molecular flexibility index (Phi) is 6.40. The van der Waals surface area contributed by atoms with Crippen LogP contribution in [0.4, 0.5) is 5.69 Å². The first kappa shape index (κ1) is 22.6. The lowest BCUT2D eigenvalue weighted by atomic mass is 9.85. The predicted octanol–water partition coefficient (Wildman–Crippen LogP) is 6.62. The van der Waals surface area contributed by atoms with Crippen LogP contribution in [-0.2, 0) is 4.79 Å². The van der Waals surface area contributed by atoms with E-state index in [1.807, 2.05) is 54.6 Å². The highest BCUT2D eigenvalue weighted by Crippen LogP contribution is 2.28. The molecule has 1 heterocycles. The van der Waals surface area contributed by atoms with Gasteiger partial charge in [0.15, 0.2) is 0 Å². The van der Waals surface area contributed by atoms with Gasteiger partial charge in [0.25, 0.3) is 5.91 Å². The van der Waals surface area contributed by atoms with Gasteiger partial charge in [0.05, 0.1) is 5.52 Å². The lowest BCUT2D eigenvalue weighted by Gasteiger charge is -2.28. The van der Waals surface area contributed by atoms with Gasteiger partial charge < -0.3 is 10.6 Å². The molecule has 7 heteroatoms. The van der Waals surface area contributed by atoms with Crippen LogP contribution in [0, 0.1) is 5.92 Å². The van der Waals surface area contributed by atoms with Gasteiger partial charge in [-0.2, -0.15) is 0 Å². The van der Waals surface area contributed by atoms with Crippen LogP contribution in [-0.4, -0.2) is 22.8 Å². The molecule has 0 atom stereocenters. The van der Waals surface area contributed by atoms with E-state index in [1.165, 1.54) is 0 Å². The number of carbonyl (C=O) groups excluding carboxylic acids is 2. The van der Waals surface area contributed by atoms with Crippen molar-refractivity contribution in [3.8, 4) is 0 Å². The van der Waals surface area contributed by atoms with Crippen LogP contribution in [0.25, 0.3) is 21.7 Å². The van der Waals surface area contributed by atoms with Crippen LogP contribution in [0.1, 0.15) is 36.2 Å². The minimum absolute atomic E-state index is 0.0212. The van der Waals surface area contributed by atoms with Crippen molar-refractivity contribution < 1.29 is 9.59 Å². The highest BCUT2D eigenvalue weighted by Gasteiger charge is 2.27. The van der Waals surface area contributed by atoms with Gasteiger partial charge in [0.1, 0.15) is 5.69 Å². The maximum absolute atomic E-state index is 12.8. The topological polar surface area (TPSA) is 71.1 Å². The zero-order chi connectivity index (χ0) is 23.7. The molecule has 0 aliphatic heterocycles. The number of nitrogens with zero attached hydrogens (tertiary/aromatic N) is 1. The van der Waals surface area contributed by atoms with Gasteiger partial charge in [-0.1, -0.05) is 41.4 Å². The number of halogens is 2. The van der Waals surface area contributed by atoms with Gasteiger partial charge in [0.2, 0.25) is 5.91 Å². The van der Waals surface area contributed by atoms with Crippen LogP contribution in [0.5, 0.6) is 0 Å². The number of pyridine rings is 1. The molecule has 1 saturated carbocycles. The SMILES string of the molecule is O=C(N[C@H]1CC[C@H](C(=O)Nc2ccc3cc(Cl)ccc3c2)CC1)c1ccc2cc(Cl)ccc2n1. The van der Waals surface area contributed by atoms with Crippen molar-refractivity contribution >= 4 is 62.4 Å². The van der Waals surface area contributed by atoms with E-state index in [-0.39, 0.29) is 23.8 Å². The molecule has 4 aromatic rings. The quantitative estimate of drug-likeness (QED) is 0.336. The molecule has 5 nitrogen and oxygen atoms in total. The summed E-state index contributed by atoms with van der Waals surface area (Å²) in [6.45, 7) is 0. The Balaban J connectivity index is 1.16. The van der Waals surface area contributed by atoms with Gasteiger partial charge in [0, 0.05) is 33.1 Å². The van der Waals surface area contributed by atoms with Crippen molar-refractivity contribution in [1.29, 1.82) is 0 Å². The Hall–Kier alpha value is -3.15. The minimum Gasteiger partial charge on any atom is -0.348 e. The summed E-state index contributed by atoms with van der Waals surface area (Å²) in [7, 11) is 0. The van der Waals surface area contributed by atoms with E-state index in [0.717, 1.165) is 53.0 Å². The van der Waals surface area contributed by atoms with Crippen LogP contribution >= 0.6 is 23.2 Å². The number of hydrogen-bond acceptors (Lipinski definition) is 3. The van der Waals surface area contributed by atoms with Gasteiger partial charge in [-0.05, 0) is 85.0 Å². The van der Waals surface area contributed by atoms with Crippen LogP contribution in [0.3, 0.4) is 0 Å². The molecular weight excluding hydrogens is 469 g/mol. The molecule has 2 amide bonds. The van der Waals surface area contributed by atoms with Gasteiger partial charge in [-0.15, -0.1) is 0 Å². The monoisotopic (exact) mass is 491 g/mol. The molecule has 1 aliphatic carbocycles. The molecule has 34 heavy (non-hydrogen) atoms. The van der Waals surface area contributed by atoms with E-state index in [1.54, 1.807) is 12.1 Å². The molecule has 2 N–H and O–H groups in total. The van der Waals surface area contributed by atoms with E-state index in [4.69, 9.17) is 23.2 Å². The molecule has 3 aromatic carbocycles. The van der Waals surface area contributed by atoms with Crippen LogP contribution in [0.2, 0.25) is 10.0 Å². The average molecular weight is 492 g/mol. The minimum atomic E-state index is -0.194. The molecular formula is C27H23Cl2N3O2. The summed E-state index contributed by atoms with van der Waals surface area (Å²) in [5.74, 6) is -0.244. The number of nitrogens with one attached hydrogen (secondary N) is 2. The second-order valence-corrected chi connectivity index (χ2v) is 9.62. The third-order valence-corrected chi connectivity index (χ3v) is 6.86. The number of fused-ring (bicyclic) bond motifs is 2. The summed E-state index contributed by atoms with van der Waals surface area (Å²) in [6.07, 6.45) is 2.96. The summed E-state index contributed by atoms with van der Waals surface area (Å²) in [6, 6.07) is 20.5. The number of anilines is 1. The van der Waals surface area contributed by atoms with Crippen molar-refractivity contribution in [2.75, 3.05) is 5.32 Å². The molecule has 1 aliphatic rings. The standard InChI is InChI=1S/C27H23Cl2N3O2/c28-20-6-1-18-15-23(10-4-17(18)13-20)31-26(33)16-2-8-22(9-3-16)30-27(34)25-11-5-19-14-21(29)7-12-24(19)32-25/h1,4-7,10-16,22H,2-3,8-9H2,(H,30,34)(H,31,33)/t16-,22-. The average Bonchev–Trinajstić information content (AvgIpc) is 2.84. The van der Waals surface area contributed by atoms with E-state index < -0.39 is 0 Å². The number of aromatic nitrogens is 1. The van der Waals surface area contributed by atoms with Gasteiger partial charge >= 0.3 is 0 Å². The summed E-state index contributed by atoms with van der Waals surface area (Å²) < 4.78 is 0. The molecule has 1 aromatic heterocycles. The molecule has 5 rings (SSSR count). The number of hydrogen-bond donors (Lipinski definition) is 2. The summed E-state index contributed by atoms with van der Waals surface area (Å²) in [4.78, 5) is 30.0. The van der Waals surface area contributed by atoms with Crippen LogP contribution in [0.15, 0.2) is 66.7 Å². The third kappa shape index (κ3) is 5.01. The lowest BCUT2D eigenvalue weighted by molar-refractivity contribution is -0.120. The Morgan fingerprint density at radius 3 is 2.21 bits per heavy atom. The maximum atomic E-state index is 12.8.